The molecule has 0 aromatic rings. The van der Waals surface area contributed by atoms with Crippen molar-refractivity contribution in [3.8, 4) is 0 Å². The summed E-state index contributed by atoms with van der Waals surface area (Å²) in [6, 6.07) is 0.469. The van der Waals surface area contributed by atoms with Gasteiger partial charge in [0.15, 0.2) is 0 Å². The predicted molar refractivity (Wildman–Crippen MR) is 82.0 cm³/mol. The van der Waals surface area contributed by atoms with Gasteiger partial charge in [-0.15, -0.1) is 49.6 Å². The molecule has 0 spiro atoms. The number of hydrogen-bond donors (Lipinski definition) is 4. The summed E-state index contributed by atoms with van der Waals surface area (Å²) in [5, 5.41) is 6.46. The zero-order chi connectivity index (χ0) is 9.40. The van der Waals surface area contributed by atoms with E-state index in [-0.39, 0.29) is 61.7 Å². The Balaban J connectivity index is -0.000000101. The second kappa shape index (κ2) is 21.3. The highest BCUT2D eigenvalue weighted by Gasteiger charge is 1.93. The highest BCUT2D eigenvalue weighted by atomic mass is 35.5. The first-order chi connectivity index (χ1) is 5.63. The molecule has 106 valence electrons. The Kier molecular flexibility index (Phi) is 40.2. The summed E-state index contributed by atoms with van der Waals surface area (Å²) in [5.41, 5.74) is 11.1. The zero-order valence-electron chi connectivity index (χ0n) is 9.77. The lowest BCUT2D eigenvalue weighted by molar-refractivity contribution is 0.555. The van der Waals surface area contributed by atoms with E-state index in [1.165, 1.54) is 0 Å². The van der Waals surface area contributed by atoms with Crippen molar-refractivity contribution in [1.82, 2.24) is 10.6 Å². The van der Waals surface area contributed by atoms with Crippen LogP contribution in [0.25, 0.3) is 0 Å². The molecule has 0 aromatic carbocycles. The van der Waals surface area contributed by atoms with Gasteiger partial charge in [0.05, 0.1) is 0 Å². The van der Waals surface area contributed by atoms with Gasteiger partial charge >= 0.3 is 0 Å². The van der Waals surface area contributed by atoms with E-state index >= 15 is 0 Å². The molecule has 0 radical (unpaired) electrons. The van der Waals surface area contributed by atoms with Crippen LogP contribution in [0.4, 0.5) is 0 Å². The van der Waals surface area contributed by atoms with Gasteiger partial charge in [0.25, 0.3) is 0 Å². The summed E-state index contributed by atoms with van der Waals surface area (Å²) in [6.07, 6.45) is 0. The van der Waals surface area contributed by atoms with Crippen LogP contribution in [0.2, 0.25) is 0 Å². The quantitative estimate of drug-likeness (QED) is 0.517. The lowest BCUT2D eigenvalue weighted by Crippen LogP contribution is -2.38. The minimum atomic E-state index is 0. The van der Waals surface area contributed by atoms with Gasteiger partial charge < -0.3 is 22.1 Å². The van der Waals surface area contributed by atoms with Crippen molar-refractivity contribution in [1.29, 1.82) is 0 Å². The van der Waals surface area contributed by atoms with Crippen LogP contribution in [0.3, 0.4) is 0 Å². The highest BCUT2D eigenvalue weighted by molar-refractivity contribution is 5.86. The Hall–Kier alpha value is 1.00. The van der Waals surface area contributed by atoms with Crippen LogP contribution < -0.4 is 22.1 Å². The molecule has 4 nitrogen and oxygen atoms in total. The van der Waals surface area contributed by atoms with Crippen LogP contribution in [0.1, 0.15) is 13.8 Å². The maximum absolute atomic E-state index is 5.55. The normalized spacial score (nSPS) is 12.0. The number of rotatable bonds is 7. The van der Waals surface area contributed by atoms with Crippen LogP contribution in [0, 0.1) is 0 Å². The third-order valence-electron chi connectivity index (χ3n) is 1.41. The fourth-order valence-corrected chi connectivity index (χ4v) is 0.836. The van der Waals surface area contributed by atoms with E-state index in [1.54, 1.807) is 0 Å². The molecule has 0 rings (SSSR count). The first kappa shape index (κ1) is 30.2. The molecule has 2 atom stereocenters. The molecule has 0 fully saturated rings. The van der Waals surface area contributed by atoms with E-state index in [2.05, 4.69) is 10.6 Å². The van der Waals surface area contributed by atoms with Gasteiger partial charge in [-0.05, 0) is 13.8 Å². The molecule has 16 heavy (non-hydrogen) atoms. The summed E-state index contributed by atoms with van der Waals surface area (Å²) >= 11 is 0. The maximum Gasteiger partial charge on any atom is 0.0136 e. The van der Waals surface area contributed by atoms with Crippen LogP contribution in [0.5, 0.6) is 0 Å². The van der Waals surface area contributed by atoms with Crippen molar-refractivity contribution in [2.75, 3.05) is 26.2 Å². The van der Waals surface area contributed by atoms with Crippen molar-refractivity contribution in [3.05, 3.63) is 0 Å². The maximum atomic E-state index is 5.55. The third kappa shape index (κ3) is 29.4. The van der Waals surface area contributed by atoms with Gasteiger partial charge in [-0.2, -0.15) is 0 Å². The molecular weight excluding hydrogens is 294 g/mol. The summed E-state index contributed by atoms with van der Waals surface area (Å²) in [7, 11) is 0. The van der Waals surface area contributed by atoms with Crippen molar-refractivity contribution < 1.29 is 0 Å². The second-order valence-corrected chi connectivity index (χ2v) is 3.36. The first-order valence-corrected chi connectivity index (χ1v) is 4.55. The van der Waals surface area contributed by atoms with E-state index in [0.717, 1.165) is 26.2 Å². The fourth-order valence-electron chi connectivity index (χ4n) is 0.836. The largest absolute Gasteiger partial charge is 0.327 e. The van der Waals surface area contributed by atoms with Crippen molar-refractivity contribution in [2.24, 2.45) is 11.5 Å². The van der Waals surface area contributed by atoms with Gasteiger partial charge in [-0.1, -0.05) is 0 Å². The molecule has 8 heteroatoms. The summed E-state index contributed by atoms with van der Waals surface area (Å²) < 4.78 is 0. The van der Waals surface area contributed by atoms with E-state index < -0.39 is 0 Å². The minimum absolute atomic E-state index is 0. The van der Waals surface area contributed by atoms with Gasteiger partial charge in [-0.25, -0.2) is 0 Å². The molecule has 0 unspecified atom stereocenters. The van der Waals surface area contributed by atoms with Gasteiger partial charge in [0.1, 0.15) is 0 Å². The Morgan fingerprint density at radius 3 is 1.19 bits per heavy atom. The Bertz CT molecular complexity index is 94.0. The highest BCUT2D eigenvalue weighted by Crippen LogP contribution is 1.70. The van der Waals surface area contributed by atoms with E-state index in [9.17, 15) is 0 Å². The SMILES string of the molecule is C[C@H](N)CNCCNC[C@@H](C)N.Cl.Cl.Cl.Cl. The summed E-state index contributed by atoms with van der Waals surface area (Å²) in [6.45, 7) is 7.63. The first-order valence-electron chi connectivity index (χ1n) is 4.55. The average Bonchev–Trinajstić information content (AvgIpc) is 1.95. The Morgan fingerprint density at radius 1 is 0.750 bits per heavy atom. The Labute approximate surface area is 124 Å². The van der Waals surface area contributed by atoms with E-state index in [4.69, 9.17) is 11.5 Å². The topological polar surface area (TPSA) is 76.1 Å². The molecule has 0 aliphatic rings. The molecular formula is C8H26Cl4N4. The number of nitrogens with two attached hydrogens (primary N) is 2. The lowest BCUT2D eigenvalue weighted by Gasteiger charge is -2.09. The van der Waals surface area contributed by atoms with Crippen molar-refractivity contribution in [2.45, 2.75) is 25.9 Å². The number of halogens is 4. The second-order valence-electron chi connectivity index (χ2n) is 3.36. The summed E-state index contributed by atoms with van der Waals surface area (Å²) in [5.74, 6) is 0. The zero-order valence-corrected chi connectivity index (χ0v) is 13.0. The van der Waals surface area contributed by atoms with Crippen molar-refractivity contribution >= 4 is 49.6 Å². The summed E-state index contributed by atoms with van der Waals surface area (Å²) in [4.78, 5) is 0. The third-order valence-corrected chi connectivity index (χ3v) is 1.41. The molecule has 0 aliphatic carbocycles. The molecule has 6 N–H and O–H groups in total. The Morgan fingerprint density at radius 2 is 1.00 bits per heavy atom. The molecule has 0 saturated carbocycles. The van der Waals surface area contributed by atoms with Gasteiger partial charge in [-0.3, -0.25) is 0 Å². The molecule has 0 saturated heterocycles. The van der Waals surface area contributed by atoms with Gasteiger partial charge in [0.2, 0.25) is 0 Å². The minimum Gasteiger partial charge on any atom is -0.327 e. The molecule has 0 amide bonds. The lowest BCUT2D eigenvalue weighted by atomic mass is 10.3. The molecule has 0 aliphatic heterocycles. The standard InChI is InChI=1S/C8H22N4.4ClH/c1-7(9)5-11-3-4-12-6-8(2)10;;;;/h7-8,11-12H,3-6,9-10H2,1-2H3;4*1H/t7-,8+;;;;. The van der Waals surface area contributed by atoms with Crippen molar-refractivity contribution in [3.63, 3.8) is 0 Å². The average molecular weight is 320 g/mol. The monoisotopic (exact) mass is 318 g/mol. The smallest absolute Gasteiger partial charge is 0.0136 e. The van der Waals surface area contributed by atoms with E-state index in [1.807, 2.05) is 13.8 Å². The molecule has 0 heterocycles. The predicted octanol–water partition coefficient (Wildman–Crippen LogP) is 0.547. The van der Waals surface area contributed by atoms with Crippen LogP contribution in [0.15, 0.2) is 0 Å². The number of hydrogen-bond acceptors (Lipinski definition) is 4. The van der Waals surface area contributed by atoms with Gasteiger partial charge in [0, 0.05) is 38.3 Å². The fraction of sp³-hybridized carbons (Fsp3) is 1.00. The van der Waals surface area contributed by atoms with E-state index in [0.29, 0.717) is 0 Å². The van der Waals surface area contributed by atoms with Crippen LogP contribution in [-0.2, 0) is 0 Å². The molecule has 0 bridgehead atoms. The van der Waals surface area contributed by atoms with Crippen LogP contribution >= 0.6 is 49.6 Å². The van der Waals surface area contributed by atoms with Crippen LogP contribution in [-0.4, -0.2) is 38.3 Å². The molecule has 0 aromatic heterocycles. The number of nitrogens with one attached hydrogen (secondary N) is 2.